The monoisotopic (exact) mass is 214 g/mol. The molecule has 1 rings (SSSR count). The number of ether oxygens (including phenoxy) is 1. The Morgan fingerprint density at radius 1 is 1.60 bits per heavy atom. The molecular weight excluding hydrogens is 196 g/mol. The summed E-state index contributed by atoms with van der Waals surface area (Å²) in [5.41, 5.74) is 0. The molecule has 5 heteroatoms. The number of nitrogens with one attached hydrogen (secondary N) is 1. The van der Waals surface area contributed by atoms with E-state index < -0.39 is 0 Å². The van der Waals surface area contributed by atoms with E-state index in [1.165, 1.54) is 0 Å². The fraction of sp³-hybridized carbons (Fsp3) is 0.700. The van der Waals surface area contributed by atoms with Crippen molar-refractivity contribution in [1.29, 1.82) is 0 Å². The van der Waals surface area contributed by atoms with Crippen LogP contribution in [-0.2, 0) is 4.74 Å². The first-order chi connectivity index (χ1) is 7.24. The second kappa shape index (κ2) is 6.55. The highest BCUT2D eigenvalue weighted by atomic mass is 16.5. The van der Waals surface area contributed by atoms with Crippen LogP contribution in [0, 0.1) is 6.92 Å². The number of aliphatic hydroxyl groups excluding tert-OH is 1. The van der Waals surface area contributed by atoms with Gasteiger partial charge in [-0.3, -0.25) is 0 Å². The van der Waals surface area contributed by atoms with Gasteiger partial charge in [0.05, 0.1) is 32.1 Å². The number of hydrogen-bond donors (Lipinski definition) is 2. The molecule has 86 valence electrons. The van der Waals surface area contributed by atoms with Gasteiger partial charge < -0.3 is 19.6 Å². The molecule has 0 bridgehead atoms. The van der Waals surface area contributed by atoms with Gasteiger partial charge in [-0.2, -0.15) is 0 Å². The van der Waals surface area contributed by atoms with Gasteiger partial charge in [0.2, 0.25) is 5.89 Å². The number of oxazole rings is 1. The van der Waals surface area contributed by atoms with Crippen molar-refractivity contribution < 1.29 is 14.3 Å². The standard InChI is InChI=1S/C10H18N2O3/c1-8-7-12-10(15-8)9(2)11-3-5-14-6-4-13/h7,9,11,13H,3-6H2,1-2H3. The Bertz CT molecular complexity index is 275. The number of nitrogens with zero attached hydrogens (tertiary/aromatic N) is 1. The van der Waals surface area contributed by atoms with Crippen molar-refractivity contribution in [3.63, 3.8) is 0 Å². The van der Waals surface area contributed by atoms with Crippen molar-refractivity contribution >= 4 is 0 Å². The van der Waals surface area contributed by atoms with E-state index in [4.69, 9.17) is 14.3 Å². The molecule has 0 saturated carbocycles. The molecule has 5 nitrogen and oxygen atoms in total. The average Bonchev–Trinajstić information content (AvgIpc) is 2.64. The zero-order chi connectivity index (χ0) is 11.1. The first-order valence-corrected chi connectivity index (χ1v) is 5.08. The average molecular weight is 214 g/mol. The van der Waals surface area contributed by atoms with Crippen molar-refractivity contribution in [3.8, 4) is 0 Å². The van der Waals surface area contributed by atoms with Crippen LogP contribution in [0.4, 0.5) is 0 Å². The highest BCUT2D eigenvalue weighted by molar-refractivity contribution is 4.94. The maximum absolute atomic E-state index is 8.49. The zero-order valence-corrected chi connectivity index (χ0v) is 9.19. The molecule has 0 aliphatic carbocycles. The fourth-order valence-corrected chi connectivity index (χ4v) is 1.17. The van der Waals surface area contributed by atoms with E-state index in [0.717, 1.165) is 5.76 Å². The lowest BCUT2D eigenvalue weighted by atomic mass is 10.3. The Morgan fingerprint density at radius 3 is 3.00 bits per heavy atom. The van der Waals surface area contributed by atoms with Gasteiger partial charge in [-0.1, -0.05) is 0 Å². The molecule has 1 aromatic heterocycles. The van der Waals surface area contributed by atoms with Crippen LogP contribution in [0.3, 0.4) is 0 Å². The summed E-state index contributed by atoms with van der Waals surface area (Å²) in [6.45, 7) is 5.58. The molecule has 0 amide bonds. The number of hydrogen-bond acceptors (Lipinski definition) is 5. The van der Waals surface area contributed by atoms with Crippen LogP contribution in [0.1, 0.15) is 24.6 Å². The van der Waals surface area contributed by atoms with E-state index in [1.54, 1.807) is 6.20 Å². The van der Waals surface area contributed by atoms with Crippen LogP contribution in [0.5, 0.6) is 0 Å². The summed E-state index contributed by atoms with van der Waals surface area (Å²) in [4.78, 5) is 4.12. The molecule has 1 atom stereocenters. The van der Waals surface area contributed by atoms with Gasteiger partial charge in [0, 0.05) is 6.54 Å². The van der Waals surface area contributed by atoms with Gasteiger partial charge in [-0.25, -0.2) is 4.98 Å². The topological polar surface area (TPSA) is 67.5 Å². The van der Waals surface area contributed by atoms with Gasteiger partial charge in [0.1, 0.15) is 5.76 Å². The molecule has 0 aliphatic heterocycles. The third kappa shape index (κ3) is 4.42. The SMILES string of the molecule is Cc1cnc(C(C)NCCOCCO)o1. The highest BCUT2D eigenvalue weighted by Gasteiger charge is 2.09. The van der Waals surface area contributed by atoms with Gasteiger partial charge in [-0.05, 0) is 13.8 Å². The lowest BCUT2D eigenvalue weighted by Crippen LogP contribution is -2.23. The molecule has 0 radical (unpaired) electrons. The van der Waals surface area contributed by atoms with Gasteiger partial charge in [0.25, 0.3) is 0 Å². The molecule has 0 aromatic carbocycles. The minimum Gasteiger partial charge on any atom is -0.444 e. The van der Waals surface area contributed by atoms with E-state index >= 15 is 0 Å². The largest absolute Gasteiger partial charge is 0.444 e. The minimum atomic E-state index is 0.0640. The number of aromatic nitrogens is 1. The van der Waals surface area contributed by atoms with Crippen LogP contribution in [0.15, 0.2) is 10.6 Å². The Labute approximate surface area is 89.5 Å². The summed E-state index contributed by atoms with van der Waals surface area (Å²) >= 11 is 0. The van der Waals surface area contributed by atoms with E-state index in [-0.39, 0.29) is 12.6 Å². The van der Waals surface area contributed by atoms with E-state index in [9.17, 15) is 0 Å². The van der Waals surface area contributed by atoms with Crippen LogP contribution >= 0.6 is 0 Å². The highest BCUT2D eigenvalue weighted by Crippen LogP contribution is 2.10. The van der Waals surface area contributed by atoms with Gasteiger partial charge >= 0.3 is 0 Å². The third-order valence-electron chi connectivity index (χ3n) is 1.94. The summed E-state index contributed by atoms with van der Waals surface area (Å²) in [7, 11) is 0. The van der Waals surface area contributed by atoms with E-state index in [1.807, 2.05) is 13.8 Å². The van der Waals surface area contributed by atoms with Crippen molar-refractivity contribution in [3.05, 3.63) is 17.8 Å². The Hall–Kier alpha value is -0.910. The van der Waals surface area contributed by atoms with Gasteiger partial charge in [-0.15, -0.1) is 0 Å². The lowest BCUT2D eigenvalue weighted by molar-refractivity contribution is 0.0924. The molecule has 1 heterocycles. The quantitative estimate of drug-likeness (QED) is 0.652. The summed E-state index contributed by atoms with van der Waals surface area (Å²) in [5.74, 6) is 1.50. The summed E-state index contributed by atoms with van der Waals surface area (Å²) < 4.78 is 10.5. The Morgan fingerprint density at radius 2 is 2.40 bits per heavy atom. The maximum Gasteiger partial charge on any atom is 0.211 e. The van der Waals surface area contributed by atoms with Crippen LogP contribution in [-0.4, -0.2) is 36.5 Å². The van der Waals surface area contributed by atoms with Crippen molar-refractivity contribution in [1.82, 2.24) is 10.3 Å². The fourth-order valence-electron chi connectivity index (χ4n) is 1.17. The molecule has 0 aliphatic rings. The number of aliphatic hydroxyl groups is 1. The van der Waals surface area contributed by atoms with Crippen molar-refractivity contribution in [2.75, 3.05) is 26.4 Å². The second-order valence-electron chi connectivity index (χ2n) is 3.32. The smallest absolute Gasteiger partial charge is 0.211 e. The van der Waals surface area contributed by atoms with E-state index in [2.05, 4.69) is 10.3 Å². The molecule has 2 N–H and O–H groups in total. The first kappa shape index (κ1) is 12.2. The summed E-state index contributed by atoms with van der Waals surface area (Å²) in [6, 6.07) is 0.0800. The Balaban J connectivity index is 2.16. The zero-order valence-electron chi connectivity index (χ0n) is 9.19. The summed E-state index contributed by atoms with van der Waals surface area (Å²) in [6.07, 6.45) is 1.70. The predicted molar refractivity (Wildman–Crippen MR) is 55.6 cm³/mol. The lowest BCUT2D eigenvalue weighted by Gasteiger charge is -2.09. The Kier molecular flexibility index (Phi) is 5.31. The van der Waals surface area contributed by atoms with Crippen LogP contribution < -0.4 is 5.32 Å². The normalized spacial score (nSPS) is 13.0. The van der Waals surface area contributed by atoms with Crippen molar-refractivity contribution in [2.24, 2.45) is 0 Å². The molecule has 1 unspecified atom stereocenters. The molecular formula is C10H18N2O3. The molecule has 0 fully saturated rings. The molecule has 1 aromatic rings. The first-order valence-electron chi connectivity index (χ1n) is 5.08. The molecule has 0 spiro atoms. The minimum absolute atomic E-state index is 0.0640. The molecule has 15 heavy (non-hydrogen) atoms. The molecule has 0 saturated heterocycles. The predicted octanol–water partition coefficient (Wildman–Crippen LogP) is 0.643. The maximum atomic E-state index is 8.49. The summed E-state index contributed by atoms with van der Waals surface area (Å²) in [5, 5.41) is 11.7. The van der Waals surface area contributed by atoms with E-state index in [0.29, 0.717) is 25.6 Å². The van der Waals surface area contributed by atoms with Crippen molar-refractivity contribution in [2.45, 2.75) is 19.9 Å². The third-order valence-corrected chi connectivity index (χ3v) is 1.94. The number of rotatable bonds is 7. The second-order valence-corrected chi connectivity index (χ2v) is 3.32. The van der Waals surface area contributed by atoms with Gasteiger partial charge in [0.15, 0.2) is 0 Å². The van der Waals surface area contributed by atoms with Crippen LogP contribution in [0.2, 0.25) is 0 Å². The van der Waals surface area contributed by atoms with Crippen LogP contribution in [0.25, 0.3) is 0 Å². The number of aryl methyl sites for hydroxylation is 1.